The fourth-order valence-corrected chi connectivity index (χ4v) is 3.68. The zero-order valence-electron chi connectivity index (χ0n) is 12.8. The highest BCUT2D eigenvalue weighted by Gasteiger charge is 2.25. The van der Waals surface area contributed by atoms with Gasteiger partial charge in [-0.05, 0) is 31.4 Å². The van der Waals surface area contributed by atoms with Crippen LogP contribution in [-0.2, 0) is 6.54 Å². The molecule has 1 atom stereocenters. The van der Waals surface area contributed by atoms with Crippen LogP contribution in [0.2, 0.25) is 0 Å². The lowest BCUT2D eigenvalue weighted by Gasteiger charge is -2.32. The van der Waals surface area contributed by atoms with Crippen molar-refractivity contribution in [2.24, 2.45) is 5.92 Å². The van der Waals surface area contributed by atoms with Crippen molar-refractivity contribution in [3.63, 3.8) is 0 Å². The molecule has 3 heteroatoms. The summed E-state index contributed by atoms with van der Waals surface area (Å²) in [6, 6.07) is 7.01. The van der Waals surface area contributed by atoms with E-state index < -0.39 is 0 Å². The number of nitrogens with one attached hydrogen (secondary N) is 2. The summed E-state index contributed by atoms with van der Waals surface area (Å²) in [6.07, 6.45) is 8.64. The van der Waals surface area contributed by atoms with Crippen molar-refractivity contribution in [2.45, 2.75) is 25.8 Å². The molecule has 3 rings (SSSR count). The molecule has 2 N–H and O–H groups in total. The molecular weight excluding hydrogens is 263 g/mol. The maximum Gasteiger partial charge on any atom is 0.127 e. The summed E-state index contributed by atoms with van der Waals surface area (Å²) in [7, 11) is 0. The van der Waals surface area contributed by atoms with Crippen molar-refractivity contribution < 1.29 is 14.2 Å². The molecule has 0 saturated carbocycles. The van der Waals surface area contributed by atoms with Crippen LogP contribution in [0.25, 0.3) is 0 Å². The molecule has 2 aliphatic rings. The van der Waals surface area contributed by atoms with Gasteiger partial charge in [0.2, 0.25) is 0 Å². The number of halogens is 1. The van der Waals surface area contributed by atoms with Gasteiger partial charge in [0.25, 0.3) is 0 Å². The minimum absolute atomic E-state index is 0.135. The first-order chi connectivity index (χ1) is 10.3. The highest BCUT2D eigenvalue weighted by atomic mass is 19.1. The van der Waals surface area contributed by atoms with E-state index in [1.54, 1.807) is 21.9 Å². The predicted molar refractivity (Wildman–Crippen MR) is 82.8 cm³/mol. The molecular formula is C18H27FN2+2. The Morgan fingerprint density at radius 2 is 1.67 bits per heavy atom. The maximum absolute atomic E-state index is 12.9. The van der Waals surface area contributed by atoms with Crippen molar-refractivity contribution in [3.8, 4) is 0 Å². The summed E-state index contributed by atoms with van der Waals surface area (Å²) in [4.78, 5) is 3.44. The van der Waals surface area contributed by atoms with E-state index in [9.17, 15) is 4.39 Å². The normalized spacial score (nSPS) is 29.5. The molecule has 21 heavy (non-hydrogen) atoms. The zero-order chi connectivity index (χ0) is 14.5. The second-order valence-electron chi connectivity index (χ2n) is 6.66. The molecule has 0 aromatic heterocycles. The van der Waals surface area contributed by atoms with Crippen molar-refractivity contribution in [2.75, 3.05) is 32.7 Å². The lowest BCUT2D eigenvalue weighted by atomic mass is 9.94. The van der Waals surface area contributed by atoms with Crippen LogP contribution in [0.15, 0.2) is 36.4 Å². The van der Waals surface area contributed by atoms with E-state index in [1.807, 2.05) is 12.1 Å². The minimum atomic E-state index is -0.135. The fraction of sp³-hybridized carbons (Fsp3) is 0.556. The quantitative estimate of drug-likeness (QED) is 0.746. The van der Waals surface area contributed by atoms with Gasteiger partial charge in [0, 0.05) is 11.5 Å². The molecule has 2 nitrogen and oxygen atoms in total. The average Bonchev–Trinajstić information content (AvgIpc) is 2.53. The van der Waals surface area contributed by atoms with Crippen LogP contribution in [0.5, 0.6) is 0 Å². The number of piperazine rings is 1. The highest BCUT2D eigenvalue weighted by molar-refractivity contribution is 5.14. The molecule has 0 amide bonds. The van der Waals surface area contributed by atoms with Crippen LogP contribution in [0.1, 0.15) is 24.8 Å². The van der Waals surface area contributed by atoms with E-state index in [-0.39, 0.29) is 5.82 Å². The van der Waals surface area contributed by atoms with Gasteiger partial charge in [-0.2, -0.15) is 0 Å². The number of quaternary nitrogens is 2. The number of hydrogen-bond acceptors (Lipinski definition) is 0. The predicted octanol–water partition coefficient (Wildman–Crippen LogP) is 0.465. The molecule has 0 spiro atoms. The molecule has 1 heterocycles. The van der Waals surface area contributed by atoms with Gasteiger partial charge in [0.15, 0.2) is 0 Å². The highest BCUT2D eigenvalue weighted by Crippen LogP contribution is 2.15. The molecule has 1 saturated heterocycles. The van der Waals surface area contributed by atoms with E-state index in [1.165, 1.54) is 57.5 Å². The minimum Gasteiger partial charge on any atom is -0.325 e. The second-order valence-corrected chi connectivity index (χ2v) is 6.66. The average molecular weight is 290 g/mol. The van der Waals surface area contributed by atoms with Crippen LogP contribution < -0.4 is 9.80 Å². The molecule has 1 aromatic carbocycles. The summed E-state index contributed by atoms with van der Waals surface area (Å²) in [6.45, 7) is 7.46. The smallest absolute Gasteiger partial charge is 0.127 e. The largest absolute Gasteiger partial charge is 0.325 e. The SMILES string of the molecule is Fc1ccc(C[NH+]2CC[NH+](C[C@@H]3CC=CCC3)CC2)cc1. The molecule has 1 fully saturated rings. The Morgan fingerprint density at radius 1 is 0.952 bits per heavy atom. The van der Waals surface area contributed by atoms with E-state index in [2.05, 4.69) is 12.2 Å². The molecule has 1 aliphatic carbocycles. The third-order valence-corrected chi connectivity index (χ3v) is 4.99. The van der Waals surface area contributed by atoms with Gasteiger partial charge in [0.1, 0.15) is 38.5 Å². The molecule has 0 bridgehead atoms. The van der Waals surface area contributed by atoms with Crippen LogP contribution >= 0.6 is 0 Å². The molecule has 1 aliphatic heterocycles. The summed E-state index contributed by atoms with van der Waals surface area (Å²) < 4.78 is 12.9. The number of allylic oxidation sites excluding steroid dienone is 2. The van der Waals surface area contributed by atoms with Crippen LogP contribution in [0.3, 0.4) is 0 Å². The Balaban J connectivity index is 1.42. The third kappa shape index (κ3) is 4.39. The number of rotatable bonds is 4. The van der Waals surface area contributed by atoms with Crippen LogP contribution in [0.4, 0.5) is 4.39 Å². The number of benzene rings is 1. The van der Waals surface area contributed by atoms with Crippen molar-refractivity contribution in [3.05, 3.63) is 47.8 Å². The second kappa shape index (κ2) is 7.19. The van der Waals surface area contributed by atoms with E-state index >= 15 is 0 Å². The summed E-state index contributed by atoms with van der Waals surface area (Å²) >= 11 is 0. The van der Waals surface area contributed by atoms with Gasteiger partial charge in [-0.15, -0.1) is 0 Å². The van der Waals surface area contributed by atoms with Crippen LogP contribution in [-0.4, -0.2) is 32.7 Å². The summed E-state index contributed by atoms with van der Waals surface area (Å²) in [5.41, 5.74) is 1.26. The Labute approximate surface area is 127 Å². The first kappa shape index (κ1) is 14.7. The topological polar surface area (TPSA) is 8.88 Å². The standard InChI is InChI=1S/C18H25FN2/c19-18-8-6-17(7-9-18)15-21-12-10-20(11-13-21)14-16-4-2-1-3-5-16/h1-2,6-9,16H,3-5,10-15H2/p+2/t16-/m1/s1. The maximum atomic E-state index is 12.9. The van der Waals surface area contributed by atoms with Crippen LogP contribution in [0, 0.1) is 11.7 Å². The summed E-state index contributed by atoms with van der Waals surface area (Å²) in [5.74, 6) is 0.771. The third-order valence-electron chi connectivity index (χ3n) is 4.99. The van der Waals surface area contributed by atoms with E-state index in [4.69, 9.17) is 0 Å². The van der Waals surface area contributed by atoms with Gasteiger partial charge < -0.3 is 9.80 Å². The van der Waals surface area contributed by atoms with Crippen molar-refractivity contribution in [1.82, 2.24) is 0 Å². The Morgan fingerprint density at radius 3 is 2.33 bits per heavy atom. The fourth-order valence-electron chi connectivity index (χ4n) is 3.68. The molecule has 1 aromatic rings. The van der Waals surface area contributed by atoms with Crippen molar-refractivity contribution >= 4 is 0 Å². The lowest BCUT2D eigenvalue weighted by Crippen LogP contribution is -3.27. The Bertz CT molecular complexity index is 461. The molecule has 0 unspecified atom stereocenters. The zero-order valence-corrected chi connectivity index (χ0v) is 12.8. The summed E-state index contributed by atoms with van der Waals surface area (Å²) in [5, 5.41) is 0. The van der Waals surface area contributed by atoms with Crippen molar-refractivity contribution in [1.29, 1.82) is 0 Å². The Kier molecular flexibility index (Phi) is 5.04. The first-order valence-electron chi connectivity index (χ1n) is 8.36. The van der Waals surface area contributed by atoms with E-state index in [0.29, 0.717) is 0 Å². The van der Waals surface area contributed by atoms with Gasteiger partial charge in [-0.3, -0.25) is 0 Å². The van der Waals surface area contributed by atoms with E-state index in [0.717, 1.165) is 12.5 Å². The lowest BCUT2D eigenvalue weighted by molar-refractivity contribution is -1.02. The first-order valence-corrected chi connectivity index (χ1v) is 8.36. The molecule has 114 valence electrons. The molecule has 0 radical (unpaired) electrons. The van der Waals surface area contributed by atoms with Gasteiger partial charge in [-0.1, -0.05) is 24.3 Å². The van der Waals surface area contributed by atoms with Gasteiger partial charge in [0.05, 0.1) is 6.54 Å². The Hall–Kier alpha value is -1.19. The number of hydrogen-bond donors (Lipinski definition) is 2. The van der Waals surface area contributed by atoms with Gasteiger partial charge >= 0.3 is 0 Å². The monoisotopic (exact) mass is 290 g/mol. The van der Waals surface area contributed by atoms with Gasteiger partial charge in [-0.25, -0.2) is 4.39 Å².